The minimum absolute atomic E-state index is 0.254. The molecule has 3 heteroatoms. The Bertz CT molecular complexity index is 549. The molecule has 0 spiro atoms. The number of anilines is 1. The van der Waals surface area contributed by atoms with E-state index in [2.05, 4.69) is 17.4 Å². The molecule has 2 aromatic rings. The molecule has 88 valence electrons. The van der Waals surface area contributed by atoms with Crippen molar-refractivity contribution >= 4 is 22.4 Å². The topological polar surface area (TPSA) is 38.3 Å². The monoisotopic (exact) mass is 229 g/mol. The van der Waals surface area contributed by atoms with Crippen molar-refractivity contribution in [3.63, 3.8) is 0 Å². The van der Waals surface area contributed by atoms with Gasteiger partial charge >= 0.3 is 5.97 Å². The van der Waals surface area contributed by atoms with E-state index in [0.29, 0.717) is 6.61 Å². The second kappa shape index (κ2) is 4.87. The normalized spacial score (nSPS) is 10.2. The van der Waals surface area contributed by atoms with Crippen molar-refractivity contribution in [2.45, 2.75) is 13.5 Å². The summed E-state index contributed by atoms with van der Waals surface area (Å²) in [5.41, 5.74) is 2.09. The SMILES string of the molecule is CNc1ccc2cc(COC(C)=O)ccc2c1. The van der Waals surface area contributed by atoms with Crippen LogP contribution in [0.25, 0.3) is 10.8 Å². The molecule has 0 radical (unpaired) electrons. The van der Waals surface area contributed by atoms with Crippen LogP contribution in [0.5, 0.6) is 0 Å². The van der Waals surface area contributed by atoms with Gasteiger partial charge in [0.15, 0.2) is 0 Å². The Hall–Kier alpha value is -2.03. The number of ether oxygens (including phenoxy) is 1. The summed E-state index contributed by atoms with van der Waals surface area (Å²) in [6.45, 7) is 1.75. The van der Waals surface area contributed by atoms with E-state index in [0.717, 1.165) is 16.6 Å². The Kier molecular flexibility index (Phi) is 3.28. The van der Waals surface area contributed by atoms with Gasteiger partial charge in [0.2, 0.25) is 0 Å². The zero-order valence-corrected chi connectivity index (χ0v) is 9.99. The summed E-state index contributed by atoms with van der Waals surface area (Å²) in [4.78, 5) is 10.7. The average molecular weight is 229 g/mol. The molecule has 0 bridgehead atoms. The van der Waals surface area contributed by atoms with Crippen LogP contribution in [0.1, 0.15) is 12.5 Å². The zero-order chi connectivity index (χ0) is 12.3. The minimum Gasteiger partial charge on any atom is -0.461 e. The van der Waals surface area contributed by atoms with Gasteiger partial charge in [-0.3, -0.25) is 4.79 Å². The second-order valence-electron chi connectivity index (χ2n) is 3.93. The highest BCUT2D eigenvalue weighted by atomic mass is 16.5. The van der Waals surface area contributed by atoms with Gasteiger partial charge in [0, 0.05) is 19.7 Å². The maximum atomic E-state index is 10.7. The number of hydrogen-bond donors (Lipinski definition) is 1. The van der Waals surface area contributed by atoms with Gasteiger partial charge in [-0.05, 0) is 34.5 Å². The molecule has 0 amide bonds. The van der Waals surface area contributed by atoms with E-state index in [4.69, 9.17) is 4.74 Å². The molecule has 0 aliphatic rings. The highest BCUT2D eigenvalue weighted by Gasteiger charge is 2.00. The van der Waals surface area contributed by atoms with Crippen LogP contribution in [0.4, 0.5) is 5.69 Å². The van der Waals surface area contributed by atoms with Gasteiger partial charge in [0.1, 0.15) is 6.61 Å². The number of hydrogen-bond acceptors (Lipinski definition) is 3. The summed E-state index contributed by atoms with van der Waals surface area (Å²) < 4.78 is 4.97. The van der Waals surface area contributed by atoms with Crippen LogP contribution >= 0.6 is 0 Å². The van der Waals surface area contributed by atoms with Crippen molar-refractivity contribution in [1.82, 2.24) is 0 Å². The molecule has 0 fully saturated rings. The van der Waals surface area contributed by atoms with Gasteiger partial charge in [-0.25, -0.2) is 0 Å². The van der Waals surface area contributed by atoms with Gasteiger partial charge < -0.3 is 10.1 Å². The quantitative estimate of drug-likeness (QED) is 0.822. The first-order chi connectivity index (χ1) is 8.19. The van der Waals surface area contributed by atoms with E-state index in [-0.39, 0.29) is 5.97 Å². The van der Waals surface area contributed by atoms with Crippen LogP contribution in [-0.2, 0) is 16.1 Å². The molecule has 0 aliphatic heterocycles. The first kappa shape index (κ1) is 11.5. The number of carbonyl (C=O) groups excluding carboxylic acids is 1. The lowest BCUT2D eigenvalue weighted by atomic mass is 10.1. The van der Waals surface area contributed by atoms with Crippen molar-refractivity contribution in [2.75, 3.05) is 12.4 Å². The molecule has 3 nitrogen and oxygen atoms in total. The lowest BCUT2D eigenvalue weighted by Gasteiger charge is -2.06. The lowest BCUT2D eigenvalue weighted by Crippen LogP contribution is -1.98. The molecule has 0 unspecified atom stereocenters. The number of esters is 1. The molecule has 0 aliphatic carbocycles. The number of nitrogens with one attached hydrogen (secondary N) is 1. The zero-order valence-electron chi connectivity index (χ0n) is 9.99. The molecule has 2 rings (SSSR count). The summed E-state index contributed by atoms with van der Waals surface area (Å²) >= 11 is 0. The van der Waals surface area contributed by atoms with E-state index in [9.17, 15) is 4.79 Å². The van der Waals surface area contributed by atoms with Crippen LogP contribution < -0.4 is 5.32 Å². The Balaban J connectivity index is 2.28. The van der Waals surface area contributed by atoms with Crippen molar-refractivity contribution in [1.29, 1.82) is 0 Å². The Morgan fingerprint density at radius 2 is 1.88 bits per heavy atom. The van der Waals surface area contributed by atoms with E-state index >= 15 is 0 Å². The predicted molar refractivity (Wildman–Crippen MR) is 69.0 cm³/mol. The van der Waals surface area contributed by atoms with Crippen molar-refractivity contribution in [3.8, 4) is 0 Å². The molecular formula is C14H15NO2. The molecule has 0 heterocycles. The molecule has 1 N–H and O–H groups in total. The Morgan fingerprint density at radius 3 is 2.59 bits per heavy atom. The maximum Gasteiger partial charge on any atom is 0.302 e. The number of rotatable bonds is 3. The van der Waals surface area contributed by atoms with E-state index in [1.165, 1.54) is 12.3 Å². The number of fused-ring (bicyclic) bond motifs is 1. The molecule has 17 heavy (non-hydrogen) atoms. The van der Waals surface area contributed by atoms with Gasteiger partial charge in [0.05, 0.1) is 0 Å². The summed E-state index contributed by atoms with van der Waals surface area (Å²) in [6.07, 6.45) is 0. The molecular weight excluding hydrogens is 214 g/mol. The van der Waals surface area contributed by atoms with Gasteiger partial charge in [-0.1, -0.05) is 18.2 Å². The van der Waals surface area contributed by atoms with E-state index < -0.39 is 0 Å². The largest absolute Gasteiger partial charge is 0.461 e. The summed E-state index contributed by atoms with van der Waals surface area (Å²) in [6, 6.07) is 12.2. The number of benzene rings is 2. The van der Waals surface area contributed by atoms with E-state index in [1.807, 2.05) is 31.3 Å². The molecule has 0 saturated carbocycles. The van der Waals surface area contributed by atoms with Gasteiger partial charge in [-0.2, -0.15) is 0 Å². The minimum atomic E-state index is -0.254. The Labute approximate surface area is 100 Å². The third-order valence-electron chi connectivity index (χ3n) is 2.64. The van der Waals surface area contributed by atoms with Crippen molar-refractivity contribution < 1.29 is 9.53 Å². The van der Waals surface area contributed by atoms with Gasteiger partial charge in [0.25, 0.3) is 0 Å². The fourth-order valence-electron chi connectivity index (χ4n) is 1.73. The molecule has 0 atom stereocenters. The highest BCUT2D eigenvalue weighted by molar-refractivity contribution is 5.86. The van der Waals surface area contributed by atoms with Crippen LogP contribution in [-0.4, -0.2) is 13.0 Å². The predicted octanol–water partition coefficient (Wildman–Crippen LogP) is 2.94. The van der Waals surface area contributed by atoms with Gasteiger partial charge in [-0.15, -0.1) is 0 Å². The molecule has 0 aromatic heterocycles. The first-order valence-corrected chi connectivity index (χ1v) is 5.53. The lowest BCUT2D eigenvalue weighted by molar-refractivity contribution is -0.142. The number of carbonyl (C=O) groups is 1. The van der Waals surface area contributed by atoms with Crippen LogP contribution in [0, 0.1) is 0 Å². The standard InChI is InChI=1S/C14H15NO2/c1-10(16)17-9-11-3-4-13-8-14(15-2)6-5-12(13)7-11/h3-8,15H,9H2,1-2H3. The van der Waals surface area contributed by atoms with E-state index in [1.54, 1.807) is 0 Å². The summed E-state index contributed by atoms with van der Waals surface area (Å²) in [7, 11) is 1.90. The van der Waals surface area contributed by atoms with Crippen molar-refractivity contribution in [2.24, 2.45) is 0 Å². The molecule has 0 saturated heterocycles. The van der Waals surface area contributed by atoms with Crippen LogP contribution in [0.2, 0.25) is 0 Å². The Morgan fingerprint density at radius 1 is 1.18 bits per heavy atom. The van der Waals surface area contributed by atoms with Crippen LogP contribution in [0.3, 0.4) is 0 Å². The molecule has 2 aromatic carbocycles. The van der Waals surface area contributed by atoms with Crippen molar-refractivity contribution in [3.05, 3.63) is 42.0 Å². The summed E-state index contributed by atoms with van der Waals surface area (Å²) in [5.74, 6) is -0.254. The fraction of sp³-hybridized carbons (Fsp3) is 0.214. The maximum absolute atomic E-state index is 10.7. The summed E-state index contributed by atoms with van der Waals surface area (Å²) in [5, 5.41) is 5.42. The third kappa shape index (κ3) is 2.75. The smallest absolute Gasteiger partial charge is 0.302 e. The van der Waals surface area contributed by atoms with Crippen LogP contribution in [0.15, 0.2) is 36.4 Å². The average Bonchev–Trinajstić information content (AvgIpc) is 2.35. The first-order valence-electron chi connectivity index (χ1n) is 5.53. The highest BCUT2D eigenvalue weighted by Crippen LogP contribution is 2.20. The second-order valence-corrected chi connectivity index (χ2v) is 3.93. The fourth-order valence-corrected chi connectivity index (χ4v) is 1.73. The third-order valence-corrected chi connectivity index (χ3v) is 2.64.